The van der Waals surface area contributed by atoms with Gasteiger partial charge in [-0.3, -0.25) is 0 Å². The molecule has 0 atom stereocenters. The molecule has 22 heavy (non-hydrogen) atoms. The van der Waals surface area contributed by atoms with E-state index in [0.717, 1.165) is 11.3 Å². The van der Waals surface area contributed by atoms with Crippen LogP contribution in [-0.2, 0) is 26.2 Å². The van der Waals surface area contributed by atoms with Gasteiger partial charge in [-0.2, -0.15) is 0 Å². The molecule has 1 saturated carbocycles. The molecule has 5 heteroatoms. The normalized spacial score (nSPS) is 15.9. The number of hydrogen-bond donors (Lipinski definition) is 0. The Kier molecular flexibility index (Phi) is 9.97. The topological polar surface area (TPSA) is 21.6 Å². The Morgan fingerprint density at radius 2 is 1.77 bits per heavy atom. The van der Waals surface area contributed by atoms with Gasteiger partial charge in [-0.25, -0.2) is 0 Å². The fourth-order valence-corrected chi connectivity index (χ4v) is 3.13. The summed E-state index contributed by atoms with van der Waals surface area (Å²) in [6.07, 6.45) is 8.50. The van der Waals surface area contributed by atoms with Gasteiger partial charge in [0.15, 0.2) is 0 Å². The molecule has 1 fully saturated rings. The third kappa shape index (κ3) is 5.88. The summed E-state index contributed by atoms with van der Waals surface area (Å²) < 4.78 is 5.65. The fraction of sp³-hybridized carbons (Fsp3) is 0.588. The third-order valence-corrected chi connectivity index (χ3v) is 4.27. The Morgan fingerprint density at radius 3 is 2.32 bits per heavy atom. The molecule has 0 aliphatic heterocycles. The average molecular weight is 379 g/mol. The zero-order chi connectivity index (χ0) is 14.6. The largest absolute Gasteiger partial charge is 0.147 e. The number of nitrogens with zero attached hydrogens (tertiary/aromatic N) is 1. The molecular formula is C17H26Cl2NOTi. The number of halogens is 2. The first-order chi connectivity index (χ1) is 9.52. The molecule has 1 aliphatic carbocycles. The number of para-hydroxylation sites is 1. The summed E-state index contributed by atoms with van der Waals surface area (Å²) in [6.45, 7) is 6.65. The van der Waals surface area contributed by atoms with Gasteiger partial charge in [-0.05, 0) is 0 Å². The van der Waals surface area contributed by atoms with Crippen molar-refractivity contribution in [3.63, 3.8) is 0 Å². The molecule has 0 amide bonds. The molecule has 1 aromatic carbocycles. The second-order valence-electron chi connectivity index (χ2n) is 6.65. The first-order valence-corrected chi connectivity index (χ1v) is 8.16. The minimum absolute atomic E-state index is 0. The second kappa shape index (κ2) is 9.98. The monoisotopic (exact) mass is 378 g/mol. The Morgan fingerprint density at radius 1 is 1.14 bits per heavy atom. The van der Waals surface area contributed by atoms with Crippen LogP contribution in [-0.4, -0.2) is 12.3 Å². The van der Waals surface area contributed by atoms with Crippen LogP contribution in [0.25, 0.3) is 0 Å². The van der Waals surface area contributed by atoms with Crippen LogP contribution in [0, 0.1) is 0 Å². The fourth-order valence-electron chi connectivity index (χ4n) is 2.78. The molecule has 0 radical (unpaired) electrons. The zero-order valence-corrected chi connectivity index (χ0v) is 16.8. The molecule has 0 bridgehead atoms. The Balaban J connectivity index is 0.00000220. The first-order valence-electron chi connectivity index (χ1n) is 7.52. The van der Waals surface area contributed by atoms with Crippen LogP contribution >= 0.6 is 24.8 Å². The molecule has 0 N–H and O–H groups in total. The summed E-state index contributed by atoms with van der Waals surface area (Å²) in [7, 11) is 0. The Bertz CT molecular complexity index is 480. The smallest absolute Gasteiger partial charge is 0.147 e. The van der Waals surface area contributed by atoms with E-state index in [0.29, 0.717) is 6.04 Å². The van der Waals surface area contributed by atoms with E-state index < -0.39 is 0 Å². The van der Waals surface area contributed by atoms with Crippen LogP contribution in [0.2, 0.25) is 0 Å². The summed E-state index contributed by atoms with van der Waals surface area (Å²) in [5, 5.41) is 0. The predicted octanol–water partition coefficient (Wildman–Crippen LogP) is 5.42. The van der Waals surface area contributed by atoms with Crippen LogP contribution in [0.1, 0.15) is 64.0 Å². The summed E-state index contributed by atoms with van der Waals surface area (Å²) in [6, 6.07) is 6.86. The molecular weight excluding hydrogens is 353 g/mol. The van der Waals surface area contributed by atoms with E-state index in [4.69, 9.17) is 8.31 Å². The van der Waals surface area contributed by atoms with Crippen molar-refractivity contribution in [2.24, 2.45) is 4.99 Å². The van der Waals surface area contributed by atoms with E-state index in [2.05, 4.69) is 39.0 Å². The maximum atomic E-state index is 5.65. The first kappa shape index (κ1) is 22.0. The summed E-state index contributed by atoms with van der Waals surface area (Å²) in [5.41, 5.74) is 2.43. The van der Waals surface area contributed by atoms with Gasteiger partial charge in [-0.15, -0.1) is 24.8 Å². The molecule has 0 saturated heterocycles. The van der Waals surface area contributed by atoms with Gasteiger partial charge in [0.25, 0.3) is 0 Å². The molecule has 0 aromatic heterocycles. The Labute approximate surface area is 159 Å². The van der Waals surface area contributed by atoms with Crippen molar-refractivity contribution in [1.29, 1.82) is 0 Å². The molecule has 0 unspecified atom stereocenters. The molecule has 1 aliphatic rings. The van der Waals surface area contributed by atoms with Gasteiger partial charge in [0.1, 0.15) is 0 Å². The number of benzene rings is 1. The van der Waals surface area contributed by atoms with E-state index in [9.17, 15) is 0 Å². The van der Waals surface area contributed by atoms with E-state index in [1.165, 1.54) is 37.7 Å². The van der Waals surface area contributed by atoms with E-state index in [-0.39, 0.29) is 30.2 Å². The van der Waals surface area contributed by atoms with Gasteiger partial charge < -0.3 is 0 Å². The predicted molar refractivity (Wildman–Crippen MR) is 94.7 cm³/mol. The molecule has 0 spiro atoms. The third-order valence-electron chi connectivity index (χ3n) is 3.95. The van der Waals surface area contributed by atoms with Crippen LogP contribution in [0.15, 0.2) is 23.2 Å². The molecule has 0 heterocycles. The van der Waals surface area contributed by atoms with Crippen LogP contribution in [0.4, 0.5) is 0 Å². The maximum Gasteiger partial charge on any atom is -0.147 e. The maximum absolute atomic E-state index is 5.65. The minimum Gasteiger partial charge on any atom is -0.147 e. The van der Waals surface area contributed by atoms with Gasteiger partial charge in [0.2, 0.25) is 0 Å². The van der Waals surface area contributed by atoms with E-state index in [1.54, 1.807) is 20.8 Å². The van der Waals surface area contributed by atoms with Crippen molar-refractivity contribution in [3.05, 3.63) is 29.3 Å². The average Bonchev–Trinajstić information content (AvgIpc) is 2.44. The molecule has 1 aromatic rings. The van der Waals surface area contributed by atoms with Crippen molar-refractivity contribution < 1.29 is 24.1 Å². The number of aliphatic imine (C=N–C) groups is 1. The van der Waals surface area contributed by atoms with Gasteiger partial charge in [0, 0.05) is 0 Å². The summed E-state index contributed by atoms with van der Waals surface area (Å²) in [5.74, 6) is 0.972. The van der Waals surface area contributed by atoms with Crippen molar-refractivity contribution in [2.45, 2.75) is 64.3 Å². The van der Waals surface area contributed by atoms with Gasteiger partial charge >= 0.3 is 135 Å². The molecule has 2 nitrogen and oxygen atoms in total. The van der Waals surface area contributed by atoms with Crippen molar-refractivity contribution in [2.75, 3.05) is 0 Å². The van der Waals surface area contributed by atoms with Crippen LogP contribution < -0.4 is 3.32 Å². The van der Waals surface area contributed by atoms with Crippen molar-refractivity contribution in [3.8, 4) is 5.75 Å². The quantitative estimate of drug-likeness (QED) is 0.508. The molecule has 2 rings (SSSR count). The van der Waals surface area contributed by atoms with Gasteiger partial charge in [0.05, 0.1) is 0 Å². The second-order valence-corrected chi connectivity index (χ2v) is 6.96. The minimum atomic E-state index is 0. The number of hydrogen-bond acceptors (Lipinski definition) is 2. The standard InChI is InChI=1S/C17H25NO.2ClH.Ti/c1-17(2,3)15-11-7-8-13(16(15)19)12-18-14-9-5-4-6-10-14;;;/h7-8,11-12,14,19H,4-6,9-10H2,1-3H3;2*1H;/q;;;+1/p-1. The zero-order valence-electron chi connectivity index (χ0n) is 13.6. The Hall–Kier alpha value is -0.0157. The van der Waals surface area contributed by atoms with E-state index in [1.807, 2.05) is 6.21 Å². The van der Waals surface area contributed by atoms with Crippen molar-refractivity contribution >= 4 is 31.0 Å². The van der Waals surface area contributed by atoms with Crippen molar-refractivity contribution in [1.82, 2.24) is 0 Å². The van der Waals surface area contributed by atoms with Crippen LogP contribution in [0.3, 0.4) is 0 Å². The summed E-state index contributed by atoms with van der Waals surface area (Å²) >= 11 is 1.75. The van der Waals surface area contributed by atoms with Gasteiger partial charge in [-0.1, -0.05) is 0 Å². The number of rotatable bonds is 3. The molecule has 123 valence electrons. The SMILES string of the molecule is CC(C)(C)c1cccc(C=NC2CCCCC2)c1[O][Ti].Cl.Cl. The van der Waals surface area contributed by atoms with E-state index >= 15 is 0 Å². The summed E-state index contributed by atoms with van der Waals surface area (Å²) in [4.78, 5) is 4.78. The van der Waals surface area contributed by atoms with Crippen LogP contribution in [0.5, 0.6) is 5.75 Å².